The van der Waals surface area contributed by atoms with Gasteiger partial charge in [-0.3, -0.25) is 9.69 Å². The van der Waals surface area contributed by atoms with Crippen molar-refractivity contribution in [3.63, 3.8) is 0 Å². The number of nitrogens with one attached hydrogen (secondary N) is 1. The van der Waals surface area contributed by atoms with Gasteiger partial charge in [-0.25, -0.2) is 4.68 Å². The molecule has 0 bridgehead atoms. The molecule has 8 nitrogen and oxygen atoms in total. The lowest BCUT2D eigenvalue weighted by molar-refractivity contribution is 0.0342. The van der Waals surface area contributed by atoms with Crippen LogP contribution < -0.4 is 5.32 Å². The molecule has 0 aliphatic carbocycles. The average Bonchev–Trinajstić information content (AvgIpc) is 3.29. The smallest absolute Gasteiger partial charge is 0.251 e. The van der Waals surface area contributed by atoms with E-state index in [1.54, 1.807) is 6.07 Å². The number of halogens is 1. The van der Waals surface area contributed by atoms with Crippen LogP contribution in [0.1, 0.15) is 22.8 Å². The molecule has 0 radical (unpaired) electrons. The van der Waals surface area contributed by atoms with Gasteiger partial charge in [-0.2, -0.15) is 0 Å². The predicted molar refractivity (Wildman–Crippen MR) is 119 cm³/mol. The van der Waals surface area contributed by atoms with E-state index < -0.39 is 0 Å². The van der Waals surface area contributed by atoms with Crippen LogP contribution in [0.3, 0.4) is 0 Å². The number of amides is 1. The summed E-state index contributed by atoms with van der Waals surface area (Å²) in [5.41, 5.74) is 3.94. The van der Waals surface area contributed by atoms with Crippen LogP contribution in [0.25, 0.3) is 16.8 Å². The first-order valence-electron chi connectivity index (χ1n) is 10.3. The molecule has 1 atom stereocenters. The van der Waals surface area contributed by atoms with Crippen molar-refractivity contribution in [1.82, 2.24) is 30.4 Å². The fourth-order valence-electron chi connectivity index (χ4n) is 3.69. The van der Waals surface area contributed by atoms with Gasteiger partial charge in [-0.15, -0.1) is 5.10 Å². The molecule has 0 unspecified atom stereocenters. The minimum Gasteiger partial charge on any atom is -0.379 e. The summed E-state index contributed by atoms with van der Waals surface area (Å²) in [6.45, 7) is 8.00. The summed E-state index contributed by atoms with van der Waals surface area (Å²) in [4.78, 5) is 15.4. The van der Waals surface area contributed by atoms with Crippen molar-refractivity contribution in [1.29, 1.82) is 0 Å². The van der Waals surface area contributed by atoms with Gasteiger partial charge in [0.2, 0.25) is 0 Å². The number of morpholine rings is 1. The zero-order chi connectivity index (χ0) is 21.8. The van der Waals surface area contributed by atoms with Crippen LogP contribution in [0.5, 0.6) is 0 Å². The quantitative estimate of drug-likeness (QED) is 0.634. The number of ether oxygens (including phenoxy) is 1. The Balaban J connectivity index is 1.61. The third kappa shape index (κ3) is 5.28. The molecule has 162 valence electrons. The molecule has 9 heteroatoms. The molecule has 31 heavy (non-hydrogen) atoms. The van der Waals surface area contributed by atoms with Crippen LogP contribution in [-0.2, 0) is 4.74 Å². The number of carbonyl (C=O) groups is 1. The van der Waals surface area contributed by atoms with Crippen molar-refractivity contribution in [2.24, 2.45) is 0 Å². The van der Waals surface area contributed by atoms with E-state index in [9.17, 15) is 4.79 Å². The Kier molecular flexibility index (Phi) is 6.60. The first-order valence-corrected chi connectivity index (χ1v) is 10.6. The van der Waals surface area contributed by atoms with Gasteiger partial charge >= 0.3 is 0 Å². The van der Waals surface area contributed by atoms with Gasteiger partial charge < -0.3 is 10.1 Å². The standard InChI is InChI=1S/C22H25ClN6O2/c1-15-3-4-20(21(23)9-15)17-10-18(12-19(11-17)29-14-24-26-27-29)22(30)25-16(2)13-28-5-7-31-8-6-28/h3-4,9-12,14,16H,5-8,13H2,1-2H3,(H,25,30)/t16-/m1/s1. The molecular weight excluding hydrogens is 416 g/mol. The Labute approximate surface area is 186 Å². The van der Waals surface area contributed by atoms with Gasteiger partial charge in [0.25, 0.3) is 5.91 Å². The topological polar surface area (TPSA) is 85.2 Å². The van der Waals surface area contributed by atoms with E-state index in [2.05, 4.69) is 25.7 Å². The van der Waals surface area contributed by atoms with Gasteiger partial charge in [0.15, 0.2) is 0 Å². The summed E-state index contributed by atoms with van der Waals surface area (Å²) in [6, 6.07) is 11.4. The van der Waals surface area contributed by atoms with Crippen LogP contribution in [0.4, 0.5) is 0 Å². The highest BCUT2D eigenvalue weighted by atomic mass is 35.5. The van der Waals surface area contributed by atoms with E-state index in [0.29, 0.717) is 16.3 Å². The lowest BCUT2D eigenvalue weighted by atomic mass is 10.00. The highest BCUT2D eigenvalue weighted by Crippen LogP contribution is 2.31. The number of benzene rings is 2. The van der Waals surface area contributed by atoms with Gasteiger partial charge in [0.1, 0.15) is 6.33 Å². The highest BCUT2D eigenvalue weighted by Gasteiger charge is 2.18. The molecule has 3 aromatic rings. The summed E-state index contributed by atoms with van der Waals surface area (Å²) in [7, 11) is 0. The second-order valence-electron chi connectivity index (χ2n) is 7.79. The maximum absolute atomic E-state index is 13.1. The normalized spacial score (nSPS) is 15.6. The summed E-state index contributed by atoms with van der Waals surface area (Å²) >= 11 is 6.50. The number of nitrogens with zero attached hydrogens (tertiary/aromatic N) is 5. The fraction of sp³-hybridized carbons (Fsp3) is 0.364. The average molecular weight is 441 g/mol. The van der Waals surface area contributed by atoms with E-state index in [1.165, 1.54) is 11.0 Å². The maximum atomic E-state index is 13.1. The SMILES string of the molecule is Cc1ccc(-c2cc(C(=O)N[C@H](C)CN3CCOCC3)cc(-n3cnnn3)c2)c(Cl)c1. The lowest BCUT2D eigenvalue weighted by Gasteiger charge is -2.29. The van der Waals surface area contributed by atoms with Crippen LogP contribution in [0.2, 0.25) is 5.02 Å². The molecule has 0 spiro atoms. The second kappa shape index (κ2) is 9.55. The van der Waals surface area contributed by atoms with E-state index in [-0.39, 0.29) is 11.9 Å². The van der Waals surface area contributed by atoms with Gasteiger partial charge in [-0.1, -0.05) is 23.7 Å². The molecule has 4 rings (SSSR count). The molecule has 1 amide bonds. The maximum Gasteiger partial charge on any atom is 0.251 e. The van der Waals surface area contributed by atoms with Crippen molar-refractivity contribution in [3.05, 3.63) is 58.9 Å². The Morgan fingerprint density at radius 1 is 1.23 bits per heavy atom. The third-order valence-corrected chi connectivity index (χ3v) is 5.56. The molecule has 1 fully saturated rings. The molecule has 1 N–H and O–H groups in total. The molecule has 1 saturated heterocycles. The van der Waals surface area contributed by atoms with Crippen molar-refractivity contribution >= 4 is 17.5 Å². The number of tetrazole rings is 1. The molecule has 1 aliphatic rings. The zero-order valence-electron chi connectivity index (χ0n) is 17.6. The van der Waals surface area contributed by atoms with Gasteiger partial charge in [0.05, 0.1) is 18.9 Å². The number of hydrogen-bond donors (Lipinski definition) is 1. The molecular formula is C22H25ClN6O2. The number of rotatable bonds is 6. The summed E-state index contributed by atoms with van der Waals surface area (Å²) in [5, 5.41) is 15.1. The summed E-state index contributed by atoms with van der Waals surface area (Å²) in [6.07, 6.45) is 1.50. The monoisotopic (exact) mass is 440 g/mol. The van der Waals surface area contributed by atoms with Crippen molar-refractivity contribution in [2.45, 2.75) is 19.9 Å². The van der Waals surface area contributed by atoms with Crippen LogP contribution in [0.15, 0.2) is 42.7 Å². The lowest BCUT2D eigenvalue weighted by Crippen LogP contribution is -2.46. The largest absolute Gasteiger partial charge is 0.379 e. The molecule has 2 heterocycles. The van der Waals surface area contributed by atoms with Crippen LogP contribution in [-0.4, -0.2) is 69.9 Å². The summed E-state index contributed by atoms with van der Waals surface area (Å²) < 4.78 is 6.92. The highest BCUT2D eigenvalue weighted by molar-refractivity contribution is 6.33. The van der Waals surface area contributed by atoms with Gasteiger partial charge in [0, 0.05) is 41.8 Å². The molecule has 1 aromatic heterocycles. The number of carbonyl (C=O) groups excluding carboxylic acids is 1. The predicted octanol–water partition coefficient (Wildman–Crippen LogP) is 2.74. The van der Waals surface area contributed by atoms with E-state index in [4.69, 9.17) is 16.3 Å². The van der Waals surface area contributed by atoms with Crippen LogP contribution in [0, 0.1) is 6.92 Å². The van der Waals surface area contributed by atoms with Crippen molar-refractivity contribution in [2.75, 3.05) is 32.8 Å². The Morgan fingerprint density at radius 2 is 2.03 bits per heavy atom. The van der Waals surface area contributed by atoms with Crippen molar-refractivity contribution in [3.8, 4) is 16.8 Å². The number of hydrogen-bond acceptors (Lipinski definition) is 6. The number of aromatic nitrogens is 4. The molecule has 2 aromatic carbocycles. The van der Waals surface area contributed by atoms with Crippen LogP contribution >= 0.6 is 11.6 Å². The summed E-state index contributed by atoms with van der Waals surface area (Å²) in [5.74, 6) is -0.153. The first-order chi connectivity index (χ1) is 15.0. The zero-order valence-corrected chi connectivity index (χ0v) is 18.3. The minimum absolute atomic E-state index is 0.00583. The van der Waals surface area contributed by atoms with Gasteiger partial charge in [-0.05, 0) is 59.7 Å². The van der Waals surface area contributed by atoms with E-state index >= 15 is 0 Å². The van der Waals surface area contributed by atoms with E-state index in [1.807, 2.05) is 44.2 Å². The molecule has 0 saturated carbocycles. The Bertz CT molecular complexity index is 1050. The first kappa shape index (κ1) is 21.4. The third-order valence-electron chi connectivity index (χ3n) is 5.24. The number of aryl methyl sites for hydroxylation is 1. The van der Waals surface area contributed by atoms with Crippen molar-refractivity contribution < 1.29 is 9.53 Å². The Hall–Kier alpha value is -2.81. The minimum atomic E-state index is -0.153. The van der Waals surface area contributed by atoms with E-state index in [0.717, 1.165) is 49.5 Å². The fourth-order valence-corrected chi connectivity index (χ4v) is 4.03. The second-order valence-corrected chi connectivity index (χ2v) is 8.20. The molecule has 1 aliphatic heterocycles. The Morgan fingerprint density at radius 3 is 2.74 bits per heavy atom.